The molecule has 16 heavy (non-hydrogen) atoms. The van der Waals surface area contributed by atoms with E-state index < -0.39 is 6.10 Å². The van der Waals surface area contributed by atoms with Crippen LogP contribution >= 0.6 is 45.8 Å². The van der Waals surface area contributed by atoms with Gasteiger partial charge in [0.25, 0.3) is 0 Å². The molecule has 1 aromatic rings. The van der Waals surface area contributed by atoms with E-state index in [-0.39, 0.29) is 5.88 Å². The Morgan fingerprint density at radius 2 is 2.25 bits per heavy atom. The summed E-state index contributed by atoms with van der Waals surface area (Å²) >= 11 is 13.6. The molecule has 0 bridgehead atoms. The fourth-order valence-corrected chi connectivity index (χ4v) is 2.45. The second kappa shape index (κ2) is 6.50. The van der Waals surface area contributed by atoms with Crippen LogP contribution in [0.1, 0.15) is 5.56 Å². The van der Waals surface area contributed by atoms with Gasteiger partial charge in [-0.2, -0.15) is 5.26 Å². The summed E-state index contributed by atoms with van der Waals surface area (Å²) < 4.78 is 0.837. The highest BCUT2D eigenvalue weighted by atomic mass is 127. The molecule has 1 atom stereocenters. The van der Waals surface area contributed by atoms with Crippen molar-refractivity contribution in [2.45, 2.75) is 6.10 Å². The second-order valence-electron chi connectivity index (χ2n) is 3.12. The largest absolute Gasteiger partial charge is 0.390 e. The summed E-state index contributed by atoms with van der Waals surface area (Å²) in [5.41, 5.74) is 1.23. The summed E-state index contributed by atoms with van der Waals surface area (Å²) in [4.78, 5) is 0. The molecule has 1 aromatic carbocycles. The normalized spacial score (nSPS) is 11.9. The van der Waals surface area contributed by atoms with Gasteiger partial charge in [-0.3, -0.25) is 0 Å². The lowest BCUT2D eigenvalue weighted by Gasteiger charge is -2.13. The van der Waals surface area contributed by atoms with Crippen molar-refractivity contribution in [1.82, 2.24) is 0 Å². The maximum absolute atomic E-state index is 9.31. The third-order valence-corrected chi connectivity index (χ3v) is 3.37. The fraction of sp³-hybridized carbons (Fsp3) is 0.300. The van der Waals surface area contributed by atoms with E-state index in [4.69, 9.17) is 28.5 Å². The Balaban J connectivity index is 2.85. The first-order valence-corrected chi connectivity index (χ1v) is 6.44. The molecule has 0 saturated carbocycles. The van der Waals surface area contributed by atoms with Gasteiger partial charge in [-0.05, 0) is 34.7 Å². The lowest BCUT2D eigenvalue weighted by molar-refractivity contribution is 0.211. The van der Waals surface area contributed by atoms with Gasteiger partial charge >= 0.3 is 0 Å². The predicted molar refractivity (Wildman–Crippen MR) is 74.1 cm³/mol. The Morgan fingerprint density at radius 3 is 2.75 bits per heavy atom. The average molecular weight is 371 g/mol. The van der Waals surface area contributed by atoms with Crippen LogP contribution in [0.2, 0.25) is 5.02 Å². The minimum Gasteiger partial charge on any atom is -0.390 e. The molecule has 6 heteroatoms. The number of aliphatic hydroxyl groups is 1. The number of nitrogens with one attached hydrogen (secondary N) is 1. The lowest BCUT2D eigenvalue weighted by atomic mass is 10.2. The Morgan fingerprint density at radius 1 is 1.56 bits per heavy atom. The van der Waals surface area contributed by atoms with Gasteiger partial charge in [-0.25, -0.2) is 0 Å². The third kappa shape index (κ3) is 3.67. The summed E-state index contributed by atoms with van der Waals surface area (Å²) in [6.07, 6.45) is -0.621. The van der Waals surface area contributed by atoms with Crippen LogP contribution in [0.4, 0.5) is 5.69 Å². The topological polar surface area (TPSA) is 56.0 Å². The number of benzene rings is 1. The smallest absolute Gasteiger partial charge is 0.0992 e. The highest BCUT2D eigenvalue weighted by molar-refractivity contribution is 14.1. The quantitative estimate of drug-likeness (QED) is 0.633. The summed E-state index contributed by atoms with van der Waals surface area (Å²) in [7, 11) is 0. The molecule has 0 saturated heterocycles. The van der Waals surface area contributed by atoms with Crippen LogP contribution in [0.25, 0.3) is 0 Å². The van der Waals surface area contributed by atoms with Gasteiger partial charge in [0.2, 0.25) is 0 Å². The molecule has 0 aliphatic carbocycles. The van der Waals surface area contributed by atoms with Crippen molar-refractivity contribution in [2.24, 2.45) is 0 Å². The van der Waals surface area contributed by atoms with Crippen LogP contribution in [-0.2, 0) is 0 Å². The Kier molecular flexibility index (Phi) is 5.62. The number of rotatable bonds is 4. The number of aliphatic hydroxyl groups excluding tert-OH is 1. The fourth-order valence-electron chi connectivity index (χ4n) is 1.08. The van der Waals surface area contributed by atoms with Crippen molar-refractivity contribution in [2.75, 3.05) is 17.7 Å². The molecule has 0 radical (unpaired) electrons. The van der Waals surface area contributed by atoms with Crippen LogP contribution in [0.5, 0.6) is 0 Å². The molecule has 0 spiro atoms. The molecule has 0 fully saturated rings. The highest BCUT2D eigenvalue weighted by Crippen LogP contribution is 2.29. The van der Waals surface area contributed by atoms with E-state index in [9.17, 15) is 5.11 Å². The SMILES string of the molecule is N#Cc1cc(Cl)c(NCC(O)CCl)c(I)c1. The molecule has 0 aliphatic heterocycles. The zero-order valence-electron chi connectivity index (χ0n) is 8.17. The molecule has 0 aromatic heterocycles. The minimum atomic E-state index is -0.621. The maximum atomic E-state index is 9.31. The Labute approximate surface area is 117 Å². The Bertz CT molecular complexity index is 397. The number of nitriles is 1. The van der Waals surface area contributed by atoms with E-state index in [0.717, 1.165) is 3.57 Å². The van der Waals surface area contributed by atoms with Crippen LogP contribution in [-0.4, -0.2) is 23.6 Å². The van der Waals surface area contributed by atoms with Gasteiger partial charge in [0.15, 0.2) is 0 Å². The molecule has 1 rings (SSSR count). The van der Waals surface area contributed by atoms with Crippen LogP contribution < -0.4 is 5.32 Å². The minimum absolute atomic E-state index is 0.164. The van der Waals surface area contributed by atoms with E-state index in [1.54, 1.807) is 12.1 Å². The molecule has 86 valence electrons. The molecular formula is C10H9Cl2IN2O. The average Bonchev–Trinajstić information content (AvgIpc) is 2.27. The number of alkyl halides is 1. The molecule has 0 amide bonds. The van der Waals surface area contributed by atoms with Crippen LogP contribution in [0.3, 0.4) is 0 Å². The first-order chi connectivity index (χ1) is 7.58. The van der Waals surface area contributed by atoms with Gasteiger partial charge in [-0.1, -0.05) is 11.6 Å². The van der Waals surface area contributed by atoms with E-state index in [1.165, 1.54) is 0 Å². The van der Waals surface area contributed by atoms with E-state index in [1.807, 2.05) is 6.07 Å². The monoisotopic (exact) mass is 370 g/mol. The van der Waals surface area contributed by atoms with Gasteiger partial charge in [0, 0.05) is 10.1 Å². The summed E-state index contributed by atoms with van der Waals surface area (Å²) in [5.74, 6) is 0.164. The van der Waals surface area contributed by atoms with Gasteiger partial charge in [0.05, 0.1) is 34.3 Å². The molecule has 0 heterocycles. The molecule has 0 aliphatic rings. The summed E-state index contributed by atoms with van der Waals surface area (Å²) in [6.45, 7) is 0.325. The van der Waals surface area contributed by atoms with Crippen molar-refractivity contribution in [3.8, 4) is 6.07 Å². The zero-order valence-corrected chi connectivity index (χ0v) is 11.8. The van der Waals surface area contributed by atoms with Crippen molar-refractivity contribution in [1.29, 1.82) is 5.26 Å². The van der Waals surface area contributed by atoms with Gasteiger partial charge in [-0.15, -0.1) is 11.6 Å². The van der Waals surface area contributed by atoms with Gasteiger partial charge < -0.3 is 10.4 Å². The van der Waals surface area contributed by atoms with Gasteiger partial charge in [0.1, 0.15) is 0 Å². The van der Waals surface area contributed by atoms with E-state index in [0.29, 0.717) is 22.8 Å². The van der Waals surface area contributed by atoms with E-state index in [2.05, 4.69) is 27.9 Å². The molecular weight excluding hydrogens is 362 g/mol. The highest BCUT2D eigenvalue weighted by Gasteiger charge is 2.09. The Hall–Kier alpha value is -0.220. The number of anilines is 1. The molecule has 1 unspecified atom stereocenters. The summed E-state index contributed by atoms with van der Waals surface area (Å²) in [5, 5.41) is 21.5. The number of hydrogen-bond acceptors (Lipinski definition) is 3. The van der Waals surface area contributed by atoms with Crippen LogP contribution in [0, 0.1) is 14.9 Å². The standard InChI is InChI=1S/C10H9Cl2IN2O/c11-3-7(16)5-15-10-8(12)1-6(4-14)2-9(10)13/h1-2,7,15-16H,3,5H2. The van der Waals surface area contributed by atoms with E-state index >= 15 is 0 Å². The third-order valence-electron chi connectivity index (χ3n) is 1.86. The van der Waals surface area contributed by atoms with Crippen molar-refractivity contribution in [3.63, 3.8) is 0 Å². The zero-order chi connectivity index (χ0) is 12.1. The second-order valence-corrected chi connectivity index (χ2v) is 4.99. The number of halogens is 3. The van der Waals surface area contributed by atoms with Crippen molar-refractivity contribution >= 4 is 51.5 Å². The molecule has 2 N–H and O–H groups in total. The first kappa shape index (κ1) is 13.8. The van der Waals surface area contributed by atoms with Crippen molar-refractivity contribution < 1.29 is 5.11 Å². The number of hydrogen-bond donors (Lipinski definition) is 2. The predicted octanol–water partition coefficient (Wildman–Crippen LogP) is 2.83. The van der Waals surface area contributed by atoms with Crippen molar-refractivity contribution in [3.05, 3.63) is 26.3 Å². The first-order valence-electron chi connectivity index (χ1n) is 4.45. The lowest BCUT2D eigenvalue weighted by Crippen LogP contribution is -2.21. The maximum Gasteiger partial charge on any atom is 0.0992 e. The molecule has 3 nitrogen and oxygen atoms in total. The van der Waals surface area contributed by atoms with Crippen LogP contribution in [0.15, 0.2) is 12.1 Å². The number of nitrogens with zero attached hydrogens (tertiary/aromatic N) is 1. The summed E-state index contributed by atoms with van der Waals surface area (Å²) in [6, 6.07) is 5.33.